The van der Waals surface area contributed by atoms with E-state index in [9.17, 15) is 0 Å². The minimum absolute atomic E-state index is 0.352. The maximum absolute atomic E-state index is 6.14. The molecule has 0 spiro atoms. The summed E-state index contributed by atoms with van der Waals surface area (Å²) in [5.41, 5.74) is 4.10. The van der Waals surface area contributed by atoms with Gasteiger partial charge >= 0.3 is 0 Å². The SMILES string of the molecule is NNC(Cc1ccccc1Cl)CC1CCC1. The molecule has 3 N–H and O–H groups in total. The number of nitrogens with one attached hydrogen (secondary N) is 1. The van der Waals surface area contributed by atoms with Crippen LogP contribution in [0.1, 0.15) is 31.2 Å². The molecule has 0 radical (unpaired) electrons. The van der Waals surface area contributed by atoms with Gasteiger partial charge in [-0.3, -0.25) is 11.3 Å². The van der Waals surface area contributed by atoms with Crippen molar-refractivity contribution in [3.05, 3.63) is 34.9 Å². The lowest BCUT2D eigenvalue weighted by Gasteiger charge is -2.29. The Hall–Kier alpha value is -0.570. The molecule has 0 heterocycles. The van der Waals surface area contributed by atoms with Crippen LogP contribution in [0.5, 0.6) is 0 Å². The van der Waals surface area contributed by atoms with Gasteiger partial charge in [-0.25, -0.2) is 0 Å². The van der Waals surface area contributed by atoms with Crippen molar-refractivity contribution in [3.8, 4) is 0 Å². The van der Waals surface area contributed by atoms with Crippen LogP contribution in [0, 0.1) is 5.92 Å². The summed E-state index contributed by atoms with van der Waals surface area (Å²) in [7, 11) is 0. The number of nitrogens with two attached hydrogens (primary N) is 1. The number of hydrazine groups is 1. The monoisotopic (exact) mass is 238 g/mol. The first kappa shape index (κ1) is 11.9. The number of rotatable bonds is 5. The van der Waals surface area contributed by atoms with Crippen LogP contribution in [-0.2, 0) is 6.42 Å². The molecule has 1 unspecified atom stereocenters. The molecule has 1 atom stereocenters. The number of halogens is 1. The highest BCUT2D eigenvalue weighted by atomic mass is 35.5. The number of benzene rings is 1. The highest BCUT2D eigenvalue weighted by Gasteiger charge is 2.21. The molecule has 88 valence electrons. The first-order valence-corrected chi connectivity index (χ1v) is 6.37. The average Bonchev–Trinajstić information content (AvgIpc) is 2.24. The van der Waals surface area contributed by atoms with Gasteiger partial charge in [-0.15, -0.1) is 0 Å². The highest BCUT2D eigenvalue weighted by Crippen LogP contribution is 2.31. The zero-order valence-electron chi connectivity index (χ0n) is 9.45. The molecule has 16 heavy (non-hydrogen) atoms. The molecular weight excluding hydrogens is 220 g/mol. The van der Waals surface area contributed by atoms with Crippen molar-refractivity contribution in [1.29, 1.82) is 0 Å². The summed E-state index contributed by atoms with van der Waals surface area (Å²) >= 11 is 6.14. The largest absolute Gasteiger partial charge is 0.271 e. The Morgan fingerprint density at radius 1 is 1.38 bits per heavy atom. The predicted octanol–water partition coefficient (Wildman–Crippen LogP) is 2.90. The summed E-state index contributed by atoms with van der Waals surface area (Å²) < 4.78 is 0. The number of hydrogen-bond donors (Lipinski definition) is 2. The van der Waals surface area contributed by atoms with Crippen LogP contribution < -0.4 is 11.3 Å². The molecule has 2 nitrogen and oxygen atoms in total. The highest BCUT2D eigenvalue weighted by molar-refractivity contribution is 6.31. The van der Waals surface area contributed by atoms with Crippen molar-refractivity contribution in [2.45, 2.75) is 38.1 Å². The first-order chi connectivity index (χ1) is 7.79. The predicted molar refractivity (Wildman–Crippen MR) is 68.2 cm³/mol. The third kappa shape index (κ3) is 2.97. The second kappa shape index (κ2) is 5.67. The molecule has 1 aliphatic rings. The molecule has 0 aromatic heterocycles. The van der Waals surface area contributed by atoms with E-state index >= 15 is 0 Å². The lowest BCUT2D eigenvalue weighted by atomic mass is 9.80. The van der Waals surface area contributed by atoms with Crippen molar-refractivity contribution in [2.75, 3.05) is 0 Å². The van der Waals surface area contributed by atoms with E-state index in [-0.39, 0.29) is 0 Å². The Kier molecular flexibility index (Phi) is 4.22. The summed E-state index contributed by atoms with van der Waals surface area (Å²) in [5.74, 6) is 6.47. The number of hydrogen-bond acceptors (Lipinski definition) is 2. The molecule has 1 aliphatic carbocycles. The minimum Gasteiger partial charge on any atom is -0.271 e. The van der Waals surface area contributed by atoms with Crippen LogP contribution in [0.4, 0.5) is 0 Å². The minimum atomic E-state index is 0.352. The van der Waals surface area contributed by atoms with Crippen LogP contribution in [-0.4, -0.2) is 6.04 Å². The van der Waals surface area contributed by atoms with Crippen LogP contribution in [0.2, 0.25) is 5.02 Å². The smallest absolute Gasteiger partial charge is 0.0438 e. The zero-order valence-corrected chi connectivity index (χ0v) is 10.2. The van der Waals surface area contributed by atoms with Crippen LogP contribution in [0.25, 0.3) is 0 Å². The summed E-state index contributed by atoms with van der Waals surface area (Å²) in [6.07, 6.45) is 6.20. The average molecular weight is 239 g/mol. The fraction of sp³-hybridized carbons (Fsp3) is 0.538. The molecule has 1 fully saturated rings. The van der Waals surface area contributed by atoms with E-state index in [1.807, 2.05) is 18.2 Å². The van der Waals surface area contributed by atoms with E-state index < -0.39 is 0 Å². The van der Waals surface area contributed by atoms with E-state index in [4.69, 9.17) is 17.4 Å². The van der Waals surface area contributed by atoms with Gasteiger partial charge in [0.2, 0.25) is 0 Å². The molecule has 1 aromatic carbocycles. The van der Waals surface area contributed by atoms with Crippen molar-refractivity contribution >= 4 is 11.6 Å². The van der Waals surface area contributed by atoms with Gasteiger partial charge in [0.25, 0.3) is 0 Å². The van der Waals surface area contributed by atoms with Gasteiger partial charge in [-0.05, 0) is 30.4 Å². The van der Waals surface area contributed by atoms with E-state index in [0.717, 1.165) is 17.4 Å². The van der Waals surface area contributed by atoms with E-state index in [1.54, 1.807) is 0 Å². The van der Waals surface area contributed by atoms with Crippen molar-refractivity contribution in [3.63, 3.8) is 0 Å². The van der Waals surface area contributed by atoms with Gasteiger partial charge in [0, 0.05) is 11.1 Å². The van der Waals surface area contributed by atoms with Gasteiger partial charge in [0.1, 0.15) is 0 Å². The Labute approximate surface area is 102 Å². The normalized spacial score (nSPS) is 18.1. The Bertz CT molecular complexity index is 336. The molecule has 3 heteroatoms. The van der Waals surface area contributed by atoms with Gasteiger partial charge in [0.05, 0.1) is 0 Å². The van der Waals surface area contributed by atoms with E-state index in [0.29, 0.717) is 6.04 Å². The Morgan fingerprint density at radius 3 is 2.69 bits per heavy atom. The molecule has 1 saturated carbocycles. The molecule has 0 bridgehead atoms. The van der Waals surface area contributed by atoms with Crippen LogP contribution >= 0.6 is 11.6 Å². The van der Waals surface area contributed by atoms with Gasteiger partial charge in [-0.1, -0.05) is 49.1 Å². The summed E-state index contributed by atoms with van der Waals surface area (Å²) in [4.78, 5) is 0. The second-order valence-corrected chi connectivity index (χ2v) is 5.10. The standard InChI is InChI=1S/C13H19ClN2/c14-13-7-2-1-6-11(13)9-12(16-15)8-10-4-3-5-10/h1-2,6-7,10,12,16H,3-5,8-9,15H2. The first-order valence-electron chi connectivity index (χ1n) is 5.99. The third-order valence-corrected chi connectivity index (χ3v) is 3.87. The second-order valence-electron chi connectivity index (χ2n) is 4.69. The van der Waals surface area contributed by atoms with Crippen molar-refractivity contribution in [2.24, 2.45) is 11.8 Å². The van der Waals surface area contributed by atoms with Gasteiger partial charge in [0.15, 0.2) is 0 Å². The molecule has 0 saturated heterocycles. The van der Waals surface area contributed by atoms with Gasteiger partial charge in [-0.2, -0.15) is 0 Å². The lowest BCUT2D eigenvalue weighted by molar-refractivity contribution is 0.259. The fourth-order valence-corrected chi connectivity index (χ4v) is 2.48. The maximum Gasteiger partial charge on any atom is 0.0438 e. The summed E-state index contributed by atoms with van der Waals surface area (Å²) in [5, 5.41) is 0.844. The summed E-state index contributed by atoms with van der Waals surface area (Å²) in [6, 6.07) is 8.35. The van der Waals surface area contributed by atoms with E-state index in [1.165, 1.54) is 31.2 Å². The zero-order chi connectivity index (χ0) is 11.4. The fourth-order valence-electron chi connectivity index (χ4n) is 2.27. The molecule has 0 amide bonds. The van der Waals surface area contributed by atoms with Crippen LogP contribution in [0.3, 0.4) is 0 Å². The Morgan fingerprint density at radius 2 is 2.12 bits per heavy atom. The maximum atomic E-state index is 6.14. The molecule has 0 aliphatic heterocycles. The molecule has 2 rings (SSSR count). The van der Waals surface area contributed by atoms with Crippen molar-refractivity contribution in [1.82, 2.24) is 5.43 Å². The van der Waals surface area contributed by atoms with E-state index in [2.05, 4.69) is 11.5 Å². The lowest BCUT2D eigenvalue weighted by Crippen LogP contribution is -2.39. The van der Waals surface area contributed by atoms with Gasteiger partial charge < -0.3 is 0 Å². The Balaban J connectivity index is 1.92. The van der Waals surface area contributed by atoms with Crippen LogP contribution in [0.15, 0.2) is 24.3 Å². The molecule has 1 aromatic rings. The topological polar surface area (TPSA) is 38.0 Å². The molecular formula is C13H19ClN2. The summed E-state index contributed by atoms with van der Waals surface area (Å²) in [6.45, 7) is 0. The quantitative estimate of drug-likeness (QED) is 0.612. The third-order valence-electron chi connectivity index (χ3n) is 3.50. The van der Waals surface area contributed by atoms with Crippen molar-refractivity contribution < 1.29 is 0 Å².